The SMILES string of the molecule is Cc1nc(-c2ccc(F)cc2)c(CC(=O)N2CCC[C@@H]3CCCC[C@H]32)s1. The number of thiazole rings is 1. The summed E-state index contributed by atoms with van der Waals surface area (Å²) in [6.07, 6.45) is 7.78. The molecule has 1 amide bonds. The summed E-state index contributed by atoms with van der Waals surface area (Å²) in [6.45, 7) is 2.85. The summed E-state index contributed by atoms with van der Waals surface area (Å²) in [6, 6.07) is 6.83. The van der Waals surface area contributed by atoms with E-state index in [0.717, 1.165) is 40.5 Å². The van der Waals surface area contributed by atoms with Gasteiger partial charge in [0.25, 0.3) is 0 Å². The quantitative estimate of drug-likeness (QED) is 0.761. The van der Waals surface area contributed by atoms with Crippen molar-refractivity contribution in [3.63, 3.8) is 0 Å². The van der Waals surface area contributed by atoms with Crippen molar-refractivity contribution < 1.29 is 9.18 Å². The van der Waals surface area contributed by atoms with Gasteiger partial charge in [0.05, 0.1) is 17.1 Å². The minimum absolute atomic E-state index is 0.230. The van der Waals surface area contributed by atoms with Crippen LogP contribution in [0.1, 0.15) is 48.4 Å². The summed E-state index contributed by atoms with van der Waals surface area (Å²) in [4.78, 5) is 20.9. The highest BCUT2D eigenvalue weighted by atomic mass is 32.1. The fourth-order valence-electron chi connectivity index (χ4n) is 4.60. The third kappa shape index (κ3) is 3.54. The van der Waals surface area contributed by atoms with Gasteiger partial charge in [0, 0.05) is 23.0 Å². The fraction of sp³-hybridized carbons (Fsp3) is 0.524. The molecule has 1 saturated carbocycles. The molecule has 1 aromatic heterocycles. The number of hydrogen-bond donors (Lipinski definition) is 0. The van der Waals surface area contributed by atoms with Crippen LogP contribution in [-0.4, -0.2) is 28.4 Å². The highest BCUT2D eigenvalue weighted by Gasteiger charge is 2.35. The van der Waals surface area contributed by atoms with Gasteiger partial charge in [0.1, 0.15) is 5.82 Å². The molecule has 3 nitrogen and oxygen atoms in total. The van der Waals surface area contributed by atoms with Crippen LogP contribution in [0, 0.1) is 18.7 Å². The number of aryl methyl sites for hydroxylation is 1. The minimum atomic E-state index is -0.255. The number of benzene rings is 1. The highest BCUT2D eigenvalue weighted by molar-refractivity contribution is 7.12. The zero-order chi connectivity index (χ0) is 18.1. The second-order valence-electron chi connectivity index (χ2n) is 7.53. The molecular formula is C21H25FN2OS. The molecule has 0 bridgehead atoms. The van der Waals surface area contributed by atoms with Gasteiger partial charge < -0.3 is 4.90 Å². The first-order chi connectivity index (χ1) is 12.6. The van der Waals surface area contributed by atoms with Crippen molar-refractivity contribution in [1.82, 2.24) is 9.88 Å². The normalized spacial score (nSPS) is 22.9. The van der Waals surface area contributed by atoms with Crippen LogP contribution in [-0.2, 0) is 11.2 Å². The van der Waals surface area contributed by atoms with E-state index in [2.05, 4.69) is 9.88 Å². The lowest BCUT2D eigenvalue weighted by atomic mass is 9.78. The van der Waals surface area contributed by atoms with Crippen molar-refractivity contribution in [2.24, 2.45) is 5.92 Å². The molecule has 1 aromatic carbocycles. The molecule has 2 aliphatic rings. The Morgan fingerprint density at radius 2 is 1.92 bits per heavy atom. The molecule has 2 fully saturated rings. The number of piperidine rings is 1. The van der Waals surface area contributed by atoms with E-state index < -0.39 is 0 Å². The Kier molecular flexibility index (Phi) is 5.07. The molecular weight excluding hydrogens is 347 g/mol. The predicted octanol–water partition coefficient (Wildman–Crippen LogP) is 4.98. The number of carbonyl (C=O) groups is 1. The van der Waals surface area contributed by atoms with Crippen molar-refractivity contribution in [1.29, 1.82) is 0 Å². The molecule has 0 spiro atoms. The van der Waals surface area contributed by atoms with E-state index in [9.17, 15) is 9.18 Å². The van der Waals surface area contributed by atoms with Crippen molar-refractivity contribution in [2.75, 3.05) is 6.54 Å². The van der Waals surface area contributed by atoms with Crippen LogP contribution in [0.5, 0.6) is 0 Å². The molecule has 1 saturated heterocycles. The maximum Gasteiger partial charge on any atom is 0.228 e. The van der Waals surface area contributed by atoms with Gasteiger partial charge >= 0.3 is 0 Å². The van der Waals surface area contributed by atoms with Gasteiger partial charge in [-0.1, -0.05) is 12.8 Å². The zero-order valence-electron chi connectivity index (χ0n) is 15.2. The number of carbonyl (C=O) groups excluding carboxylic acids is 1. The lowest BCUT2D eigenvalue weighted by Gasteiger charge is -2.44. The number of likely N-dealkylation sites (tertiary alicyclic amines) is 1. The summed E-state index contributed by atoms with van der Waals surface area (Å²) in [5, 5.41) is 0.946. The van der Waals surface area contributed by atoms with Crippen molar-refractivity contribution in [2.45, 2.75) is 57.9 Å². The van der Waals surface area contributed by atoms with Crippen LogP contribution in [0.25, 0.3) is 11.3 Å². The van der Waals surface area contributed by atoms with Crippen LogP contribution in [0.3, 0.4) is 0 Å². The molecule has 1 aliphatic heterocycles. The van der Waals surface area contributed by atoms with Crippen LogP contribution >= 0.6 is 11.3 Å². The average Bonchev–Trinajstić information content (AvgIpc) is 3.02. The Labute approximate surface area is 158 Å². The van der Waals surface area contributed by atoms with Gasteiger partial charge in [-0.15, -0.1) is 11.3 Å². The fourth-order valence-corrected chi connectivity index (χ4v) is 5.55. The first-order valence-electron chi connectivity index (χ1n) is 9.63. The number of amides is 1. The third-order valence-corrected chi connectivity index (χ3v) is 6.77. The van der Waals surface area contributed by atoms with E-state index in [1.807, 2.05) is 6.92 Å². The van der Waals surface area contributed by atoms with Gasteiger partial charge in [0.15, 0.2) is 0 Å². The van der Waals surface area contributed by atoms with E-state index in [-0.39, 0.29) is 11.7 Å². The topological polar surface area (TPSA) is 33.2 Å². The van der Waals surface area contributed by atoms with Crippen LogP contribution < -0.4 is 0 Å². The molecule has 2 atom stereocenters. The molecule has 1 aliphatic carbocycles. The molecule has 0 unspecified atom stereocenters. The monoisotopic (exact) mass is 372 g/mol. The Morgan fingerprint density at radius 1 is 1.19 bits per heavy atom. The number of hydrogen-bond acceptors (Lipinski definition) is 3. The average molecular weight is 373 g/mol. The maximum atomic E-state index is 13.2. The molecule has 2 heterocycles. The first-order valence-corrected chi connectivity index (χ1v) is 10.4. The van der Waals surface area contributed by atoms with E-state index in [0.29, 0.717) is 18.4 Å². The van der Waals surface area contributed by atoms with E-state index in [4.69, 9.17) is 0 Å². The largest absolute Gasteiger partial charge is 0.339 e. The summed E-state index contributed by atoms with van der Waals surface area (Å²) in [5.41, 5.74) is 1.71. The Bertz CT molecular complexity index is 784. The molecule has 26 heavy (non-hydrogen) atoms. The second-order valence-corrected chi connectivity index (χ2v) is 8.82. The van der Waals surface area contributed by atoms with E-state index in [1.165, 1.54) is 37.8 Å². The van der Waals surface area contributed by atoms with Gasteiger partial charge in [-0.3, -0.25) is 4.79 Å². The van der Waals surface area contributed by atoms with Crippen LogP contribution in [0.2, 0.25) is 0 Å². The summed E-state index contributed by atoms with van der Waals surface area (Å²) < 4.78 is 13.2. The maximum absolute atomic E-state index is 13.2. The smallest absolute Gasteiger partial charge is 0.228 e. The van der Waals surface area contributed by atoms with Gasteiger partial charge in [-0.05, 0) is 62.8 Å². The van der Waals surface area contributed by atoms with Crippen molar-refractivity contribution in [3.05, 3.63) is 40.0 Å². The number of fused-ring (bicyclic) bond motifs is 1. The third-order valence-electron chi connectivity index (χ3n) is 5.80. The Hall–Kier alpha value is -1.75. The molecule has 4 rings (SSSR count). The van der Waals surface area contributed by atoms with Gasteiger partial charge in [0.2, 0.25) is 5.91 Å². The molecule has 0 radical (unpaired) electrons. The number of aromatic nitrogens is 1. The lowest BCUT2D eigenvalue weighted by Crippen LogP contribution is -2.50. The predicted molar refractivity (Wildman–Crippen MR) is 103 cm³/mol. The standard InChI is InChI=1S/C21H25FN2OS/c1-14-23-21(16-8-10-17(22)11-9-16)19(26-14)13-20(25)24-12-4-6-15-5-2-3-7-18(15)24/h8-11,15,18H,2-7,12-13H2,1H3/t15-,18+/m0/s1. The van der Waals surface area contributed by atoms with E-state index in [1.54, 1.807) is 23.5 Å². The summed E-state index contributed by atoms with van der Waals surface area (Å²) >= 11 is 1.58. The molecule has 0 N–H and O–H groups in total. The zero-order valence-corrected chi connectivity index (χ0v) is 16.0. The van der Waals surface area contributed by atoms with Gasteiger partial charge in [-0.25, -0.2) is 9.37 Å². The second kappa shape index (κ2) is 7.47. The first kappa shape index (κ1) is 17.7. The Morgan fingerprint density at radius 3 is 2.73 bits per heavy atom. The summed E-state index contributed by atoms with van der Waals surface area (Å²) in [7, 11) is 0. The van der Waals surface area contributed by atoms with Gasteiger partial charge in [-0.2, -0.15) is 0 Å². The summed E-state index contributed by atoms with van der Waals surface area (Å²) in [5.74, 6) is 0.671. The highest BCUT2D eigenvalue weighted by Crippen LogP contribution is 2.36. The number of halogens is 1. The minimum Gasteiger partial charge on any atom is -0.339 e. The number of rotatable bonds is 3. The van der Waals surface area contributed by atoms with Crippen molar-refractivity contribution in [3.8, 4) is 11.3 Å². The Balaban J connectivity index is 1.55. The molecule has 138 valence electrons. The molecule has 5 heteroatoms. The van der Waals surface area contributed by atoms with Crippen LogP contribution in [0.15, 0.2) is 24.3 Å². The molecule has 2 aromatic rings. The number of nitrogens with zero attached hydrogens (tertiary/aromatic N) is 2. The lowest BCUT2D eigenvalue weighted by molar-refractivity contribution is -0.136. The van der Waals surface area contributed by atoms with E-state index >= 15 is 0 Å². The van der Waals surface area contributed by atoms with Crippen LogP contribution in [0.4, 0.5) is 4.39 Å². The van der Waals surface area contributed by atoms with Crippen molar-refractivity contribution >= 4 is 17.2 Å².